The van der Waals surface area contributed by atoms with Gasteiger partial charge in [0.25, 0.3) is 0 Å². The van der Waals surface area contributed by atoms with Gasteiger partial charge in [0.05, 0.1) is 4.92 Å². The molecule has 1 saturated heterocycles. The third-order valence-corrected chi connectivity index (χ3v) is 3.61. The first-order valence-corrected chi connectivity index (χ1v) is 7.13. The number of nitrogens with zero attached hydrogens (tertiary/aromatic N) is 3. The molecule has 0 aromatic carbocycles. The van der Waals surface area contributed by atoms with E-state index < -0.39 is 11.0 Å². The smallest absolute Gasteiger partial charge is 0.312 e. The number of rotatable bonds is 4. The van der Waals surface area contributed by atoms with Gasteiger partial charge >= 0.3 is 5.69 Å². The summed E-state index contributed by atoms with van der Waals surface area (Å²) in [5.41, 5.74) is -0.152. The van der Waals surface area contributed by atoms with E-state index >= 15 is 0 Å². The van der Waals surface area contributed by atoms with Crippen molar-refractivity contribution in [3.05, 3.63) is 26.9 Å². The number of aromatic nitrogens is 1. The highest BCUT2D eigenvalue weighted by Crippen LogP contribution is 2.26. The maximum Gasteiger partial charge on any atom is 0.312 e. The molecule has 2 rings (SSSR count). The summed E-state index contributed by atoms with van der Waals surface area (Å²) in [6, 6.07) is 0.822. The molecule has 7 nitrogen and oxygen atoms in total. The van der Waals surface area contributed by atoms with Crippen LogP contribution in [0.1, 0.15) is 19.8 Å². The third kappa shape index (κ3) is 3.24. The summed E-state index contributed by atoms with van der Waals surface area (Å²) in [4.78, 5) is 28.4. The molecule has 108 valence electrons. The summed E-state index contributed by atoms with van der Waals surface area (Å²) in [6.45, 7) is 3.19. The van der Waals surface area contributed by atoms with Crippen LogP contribution in [0.15, 0.2) is 16.7 Å². The van der Waals surface area contributed by atoms with E-state index in [2.05, 4.69) is 26.2 Å². The Hall–Kier alpha value is -1.70. The second kappa shape index (κ2) is 6.17. The summed E-state index contributed by atoms with van der Waals surface area (Å²) >= 11 is 3.14. The SMILES string of the molecule is CC(Nc1ncc(Br)cc1[N+](=O)[O-])C(=O)N1CCCC1. The molecule has 8 heteroatoms. The molecule has 1 aromatic rings. The average Bonchev–Trinajstić information content (AvgIpc) is 2.93. The van der Waals surface area contributed by atoms with Crippen LogP contribution in [-0.4, -0.2) is 39.8 Å². The van der Waals surface area contributed by atoms with Gasteiger partial charge in [-0.25, -0.2) is 4.98 Å². The lowest BCUT2D eigenvalue weighted by Gasteiger charge is -2.21. The summed E-state index contributed by atoms with van der Waals surface area (Å²) in [7, 11) is 0. The molecule has 1 aliphatic heterocycles. The van der Waals surface area contributed by atoms with Crippen molar-refractivity contribution in [3.8, 4) is 0 Å². The monoisotopic (exact) mass is 342 g/mol. The second-order valence-electron chi connectivity index (χ2n) is 4.68. The zero-order valence-corrected chi connectivity index (χ0v) is 12.6. The highest BCUT2D eigenvalue weighted by atomic mass is 79.9. The minimum Gasteiger partial charge on any atom is -0.353 e. The van der Waals surface area contributed by atoms with Crippen molar-refractivity contribution in [1.82, 2.24) is 9.88 Å². The normalized spacial score (nSPS) is 16.0. The molecule has 0 spiro atoms. The molecule has 1 aromatic heterocycles. The van der Waals surface area contributed by atoms with Gasteiger partial charge in [-0.15, -0.1) is 0 Å². The summed E-state index contributed by atoms with van der Waals surface area (Å²) in [5.74, 6) is 0.0553. The molecule has 0 aliphatic carbocycles. The maximum absolute atomic E-state index is 12.2. The van der Waals surface area contributed by atoms with Gasteiger partial charge in [0, 0.05) is 29.8 Å². The zero-order chi connectivity index (χ0) is 14.7. The minimum absolute atomic E-state index is 0.0542. The van der Waals surface area contributed by atoms with Crippen LogP contribution >= 0.6 is 15.9 Å². The van der Waals surface area contributed by atoms with Gasteiger partial charge in [0.2, 0.25) is 11.7 Å². The Morgan fingerprint density at radius 1 is 1.55 bits per heavy atom. The van der Waals surface area contributed by atoms with Crippen LogP contribution in [0.5, 0.6) is 0 Å². The molecule has 20 heavy (non-hydrogen) atoms. The molecule has 2 heterocycles. The summed E-state index contributed by atoms with van der Waals surface area (Å²) < 4.78 is 0.522. The number of pyridine rings is 1. The molecule has 1 N–H and O–H groups in total. The van der Waals surface area contributed by atoms with Crippen molar-refractivity contribution in [3.63, 3.8) is 0 Å². The van der Waals surface area contributed by atoms with Crippen molar-refractivity contribution in [1.29, 1.82) is 0 Å². The Bertz CT molecular complexity index is 531. The number of nitrogens with one attached hydrogen (secondary N) is 1. The fraction of sp³-hybridized carbons (Fsp3) is 0.500. The number of hydrogen-bond acceptors (Lipinski definition) is 5. The third-order valence-electron chi connectivity index (χ3n) is 3.17. The first-order valence-electron chi connectivity index (χ1n) is 6.34. The van der Waals surface area contributed by atoms with Gasteiger partial charge in [-0.2, -0.15) is 0 Å². The minimum atomic E-state index is -0.541. The molecular weight excluding hydrogens is 328 g/mol. The fourth-order valence-electron chi connectivity index (χ4n) is 2.16. The number of carbonyl (C=O) groups is 1. The first-order chi connectivity index (χ1) is 9.49. The van der Waals surface area contributed by atoms with E-state index in [1.807, 2.05) is 0 Å². The molecule has 1 fully saturated rings. The van der Waals surface area contributed by atoms with Crippen molar-refractivity contribution in [2.45, 2.75) is 25.8 Å². The van der Waals surface area contributed by atoms with E-state index in [0.717, 1.165) is 25.9 Å². The lowest BCUT2D eigenvalue weighted by molar-refractivity contribution is -0.384. The van der Waals surface area contributed by atoms with Crippen LogP contribution in [0.3, 0.4) is 0 Å². The van der Waals surface area contributed by atoms with Gasteiger partial charge in [0.15, 0.2) is 0 Å². The van der Waals surface area contributed by atoms with E-state index in [-0.39, 0.29) is 17.4 Å². The number of likely N-dealkylation sites (tertiary alicyclic amines) is 1. The largest absolute Gasteiger partial charge is 0.353 e. The van der Waals surface area contributed by atoms with Crippen molar-refractivity contribution >= 4 is 33.3 Å². The van der Waals surface area contributed by atoms with Crippen molar-refractivity contribution in [2.75, 3.05) is 18.4 Å². The van der Waals surface area contributed by atoms with Crippen LogP contribution in [0.4, 0.5) is 11.5 Å². The molecule has 1 amide bonds. The molecule has 1 aliphatic rings. The number of hydrogen-bond donors (Lipinski definition) is 1. The van der Waals surface area contributed by atoms with Crippen LogP contribution in [0.2, 0.25) is 0 Å². The Balaban J connectivity index is 2.12. The van der Waals surface area contributed by atoms with Gasteiger partial charge in [0.1, 0.15) is 6.04 Å². The van der Waals surface area contributed by atoms with Crippen LogP contribution in [0.25, 0.3) is 0 Å². The number of halogens is 1. The number of carbonyl (C=O) groups excluding carboxylic acids is 1. The molecular formula is C12H15BrN4O3. The number of nitro groups is 1. The van der Waals surface area contributed by atoms with Crippen LogP contribution in [-0.2, 0) is 4.79 Å². The van der Waals surface area contributed by atoms with E-state index in [1.54, 1.807) is 11.8 Å². The average molecular weight is 343 g/mol. The predicted octanol–water partition coefficient (Wildman–Crippen LogP) is 2.18. The topological polar surface area (TPSA) is 88.4 Å². The van der Waals surface area contributed by atoms with E-state index in [0.29, 0.717) is 4.47 Å². The Kier molecular flexibility index (Phi) is 4.53. The Morgan fingerprint density at radius 3 is 2.80 bits per heavy atom. The zero-order valence-electron chi connectivity index (χ0n) is 11.0. The quantitative estimate of drug-likeness (QED) is 0.669. The molecule has 0 bridgehead atoms. The van der Waals surface area contributed by atoms with Crippen LogP contribution < -0.4 is 5.32 Å². The highest BCUT2D eigenvalue weighted by Gasteiger charge is 2.25. The maximum atomic E-state index is 12.2. The van der Waals surface area contributed by atoms with Crippen LogP contribution in [0, 0.1) is 10.1 Å². The van der Waals surface area contributed by atoms with Gasteiger partial charge in [-0.05, 0) is 35.7 Å². The number of amides is 1. The standard InChI is InChI=1S/C12H15BrN4O3/c1-8(12(18)16-4-2-3-5-16)15-11-10(17(19)20)6-9(13)7-14-11/h6-8H,2-5H2,1H3,(H,14,15). The van der Waals surface area contributed by atoms with Gasteiger partial charge in [-0.3, -0.25) is 14.9 Å². The van der Waals surface area contributed by atoms with Gasteiger partial charge < -0.3 is 10.2 Å². The lowest BCUT2D eigenvalue weighted by atomic mass is 10.2. The molecule has 0 saturated carbocycles. The molecule has 0 radical (unpaired) electrons. The van der Waals surface area contributed by atoms with E-state index in [1.165, 1.54) is 12.3 Å². The highest BCUT2D eigenvalue weighted by molar-refractivity contribution is 9.10. The second-order valence-corrected chi connectivity index (χ2v) is 5.59. The Morgan fingerprint density at radius 2 is 2.20 bits per heavy atom. The first kappa shape index (κ1) is 14.7. The molecule has 1 atom stereocenters. The van der Waals surface area contributed by atoms with Crippen molar-refractivity contribution in [2.24, 2.45) is 0 Å². The molecule has 1 unspecified atom stereocenters. The number of anilines is 1. The van der Waals surface area contributed by atoms with Gasteiger partial charge in [-0.1, -0.05) is 0 Å². The summed E-state index contributed by atoms with van der Waals surface area (Å²) in [5, 5.41) is 13.8. The fourth-order valence-corrected chi connectivity index (χ4v) is 2.48. The van der Waals surface area contributed by atoms with E-state index in [4.69, 9.17) is 0 Å². The predicted molar refractivity (Wildman–Crippen MR) is 77.5 cm³/mol. The van der Waals surface area contributed by atoms with Crippen molar-refractivity contribution < 1.29 is 9.72 Å². The van der Waals surface area contributed by atoms with E-state index in [9.17, 15) is 14.9 Å². The Labute approximate surface area is 124 Å². The summed E-state index contributed by atoms with van der Waals surface area (Å²) in [6.07, 6.45) is 3.48. The lowest BCUT2D eigenvalue weighted by Crippen LogP contribution is -2.39.